The fourth-order valence-electron chi connectivity index (χ4n) is 4.15. The third-order valence-electron chi connectivity index (χ3n) is 5.46. The van der Waals surface area contributed by atoms with Crippen molar-refractivity contribution in [2.75, 3.05) is 24.9 Å². The number of amides is 2. The predicted octanol–water partition coefficient (Wildman–Crippen LogP) is 1.17. The molecule has 2 N–H and O–H groups in total. The Kier molecular flexibility index (Phi) is 4.23. The summed E-state index contributed by atoms with van der Waals surface area (Å²) in [5.74, 6) is 0.669. The summed E-state index contributed by atoms with van der Waals surface area (Å²) in [6.07, 6.45) is 1.29. The third-order valence-corrected chi connectivity index (χ3v) is 6.22. The zero-order chi connectivity index (χ0) is 21.0. The number of ether oxygens (including phenoxy) is 2. The lowest BCUT2D eigenvalue weighted by Gasteiger charge is -2.20. The number of rotatable bonds is 3. The van der Waals surface area contributed by atoms with Crippen molar-refractivity contribution in [3.63, 3.8) is 0 Å². The van der Waals surface area contributed by atoms with Crippen LogP contribution in [0.15, 0.2) is 36.4 Å². The standard InChI is InChI=1S/C20H19N3O6S/c1-30(26,27)22-13-8-16-19(24)21-15-4-2-11(6-14(15)20(25)23(16)9-13)12-3-5-17-18(7-12)29-10-28-17/h2-7,13,16,22H,8-10H2,1H3,(H,21,24). The molecule has 0 radical (unpaired) electrons. The largest absolute Gasteiger partial charge is 0.454 e. The Morgan fingerprint density at radius 1 is 1.07 bits per heavy atom. The minimum atomic E-state index is -3.44. The Labute approximate surface area is 173 Å². The normalized spacial score (nSPS) is 22.4. The highest BCUT2D eigenvalue weighted by molar-refractivity contribution is 7.88. The lowest BCUT2D eigenvalue weighted by Crippen LogP contribution is -2.41. The van der Waals surface area contributed by atoms with Gasteiger partial charge in [0, 0.05) is 12.6 Å². The van der Waals surface area contributed by atoms with Gasteiger partial charge in [-0.25, -0.2) is 13.1 Å². The van der Waals surface area contributed by atoms with E-state index in [1.54, 1.807) is 12.1 Å². The highest BCUT2D eigenvalue weighted by Gasteiger charge is 2.43. The fourth-order valence-corrected chi connectivity index (χ4v) is 4.93. The van der Waals surface area contributed by atoms with Gasteiger partial charge in [-0.3, -0.25) is 9.59 Å². The van der Waals surface area contributed by atoms with Gasteiger partial charge in [0.25, 0.3) is 5.91 Å². The van der Waals surface area contributed by atoms with Crippen LogP contribution in [0.2, 0.25) is 0 Å². The Morgan fingerprint density at radius 3 is 2.60 bits per heavy atom. The van der Waals surface area contributed by atoms with Crippen molar-refractivity contribution < 1.29 is 27.5 Å². The number of fused-ring (bicyclic) bond motifs is 3. The molecular weight excluding hydrogens is 410 g/mol. The second-order valence-corrected chi connectivity index (χ2v) is 9.39. The summed E-state index contributed by atoms with van der Waals surface area (Å²) in [4.78, 5) is 27.4. The van der Waals surface area contributed by atoms with Gasteiger partial charge < -0.3 is 19.7 Å². The first-order valence-electron chi connectivity index (χ1n) is 9.42. The van der Waals surface area contributed by atoms with Gasteiger partial charge in [0.15, 0.2) is 11.5 Å². The number of hydrogen-bond donors (Lipinski definition) is 2. The van der Waals surface area contributed by atoms with E-state index in [1.165, 1.54) is 4.90 Å². The van der Waals surface area contributed by atoms with E-state index in [0.29, 0.717) is 22.7 Å². The SMILES string of the molecule is CS(=O)(=O)NC1CC2C(=O)Nc3ccc(-c4ccc5c(c4)OCO5)cc3C(=O)N2C1. The van der Waals surface area contributed by atoms with Crippen molar-refractivity contribution >= 4 is 27.5 Å². The average Bonchev–Trinajstić information content (AvgIpc) is 3.30. The van der Waals surface area contributed by atoms with Crippen molar-refractivity contribution in [2.45, 2.75) is 18.5 Å². The summed E-state index contributed by atoms with van der Waals surface area (Å²) in [6.45, 7) is 0.310. The molecule has 9 nitrogen and oxygen atoms in total. The Hall–Kier alpha value is -3.11. The fraction of sp³-hybridized carbons (Fsp3) is 0.300. The lowest BCUT2D eigenvalue weighted by molar-refractivity contribution is -0.119. The maximum atomic E-state index is 13.3. The number of benzene rings is 2. The van der Waals surface area contributed by atoms with Gasteiger partial charge in [0.1, 0.15) is 6.04 Å². The van der Waals surface area contributed by atoms with Crippen LogP contribution in [0.25, 0.3) is 11.1 Å². The molecule has 1 fully saturated rings. The van der Waals surface area contributed by atoms with E-state index in [0.717, 1.165) is 17.4 Å². The molecule has 3 aliphatic heterocycles. The number of anilines is 1. The quantitative estimate of drug-likeness (QED) is 0.757. The predicted molar refractivity (Wildman–Crippen MR) is 108 cm³/mol. The number of sulfonamides is 1. The molecule has 3 heterocycles. The number of carbonyl (C=O) groups excluding carboxylic acids is 2. The van der Waals surface area contributed by atoms with Crippen LogP contribution in [0, 0.1) is 0 Å². The highest BCUT2D eigenvalue weighted by atomic mass is 32.2. The van der Waals surface area contributed by atoms with E-state index < -0.39 is 22.1 Å². The molecule has 2 amide bonds. The van der Waals surface area contributed by atoms with E-state index in [2.05, 4.69) is 10.0 Å². The molecule has 0 bridgehead atoms. The van der Waals surface area contributed by atoms with Crippen LogP contribution in [0.3, 0.4) is 0 Å². The van der Waals surface area contributed by atoms with Crippen molar-refractivity contribution in [3.05, 3.63) is 42.0 Å². The number of nitrogens with one attached hydrogen (secondary N) is 2. The third kappa shape index (κ3) is 3.27. The first-order valence-corrected chi connectivity index (χ1v) is 11.3. The number of nitrogens with zero attached hydrogens (tertiary/aromatic N) is 1. The number of carbonyl (C=O) groups is 2. The first-order chi connectivity index (χ1) is 14.3. The van der Waals surface area contributed by atoms with Gasteiger partial charge in [-0.05, 0) is 41.8 Å². The molecule has 0 aliphatic carbocycles. The monoisotopic (exact) mass is 429 g/mol. The molecule has 1 saturated heterocycles. The number of hydrogen-bond acceptors (Lipinski definition) is 6. The van der Waals surface area contributed by atoms with E-state index in [-0.39, 0.29) is 31.6 Å². The Morgan fingerprint density at radius 2 is 1.80 bits per heavy atom. The Bertz CT molecular complexity index is 1180. The molecule has 2 aromatic rings. The minimum Gasteiger partial charge on any atom is -0.454 e. The summed E-state index contributed by atoms with van der Waals surface area (Å²) in [5.41, 5.74) is 2.44. The molecule has 5 rings (SSSR count). The van der Waals surface area contributed by atoms with Crippen LogP contribution in [-0.4, -0.2) is 56.8 Å². The summed E-state index contributed by atoms with van der Waals surface area (Å²) >= 11 is 0. The second kappa shape index (κ2) is 6.71. The van der Waals surface area contributed by atoms with Gasteiger partial charge in [0.2, 0.25) is 22.7 Å². The molecule has 30 heavy (non-hydrogen) atoms. The van der Waals surface area contributed by atoms with Gasteiger partial charge in [-0.1, -0.05) is 12.1 Å². The molecule has 0 spiro atoms. The zero-order valence-corrected chi connectivity index (χ0v) is 16.9. The van der Waals surface area contributed by atoms with Crippen LogP contribution >= 0.6 is 0 Å². The maximum absolute atomic E-state index is 13.3. The van der Waals surface area contributed by atoms with Gasteiger partial charge >= 0.3 is 0 Å². The molecule has 2 unspecified atom stereocenters. The summed E-state index contributed by atoms with van der Waals surface area (Å²) in [5, 5.41) is 2.80. The van der Waals surface area contributed by atoms with Crippen molar-refractivity contribution in [3.8, 4) is 22.6 Å². The molecule has 3 aliphatic rings. The smallest absolute Gasteiger partial charge is 0.256 e. The molecule has 0 saturated carbocycles. The van der Waals surface area contributed by atoms with E-state index in [4.69, 9.17) is 9.47 Å². The van der Waals surface area contributed by atoms with E-state index in [9.17, 15) is 18.0 Å². The van der Waals surface area contributed by atoms with Crippen LogP contribution in [-0.2, 0) is 14.8 Å². The van der Waals surface area contributed by atoms with Gasteiger partial charge in [0.05, 0.1) is 17.5 Å². The van der Waals surface area contributed by atoms with Crippen LogP contribution in [0.1, 0.15) is 16.8 Å². The van der Waals surface area contributed by atoms with E-state index >= 15 is 0 Å². The first kappa shape index (κ1) is 18.9. The van der Waals surface area contributed by atoms with Gasteiger partial charge in [-0.2, -0.15) is 0 Å². The summed E-state index contributed by atoms with van der Waals surface area (Å²) < 4.78 is 36.4. The minimum absolute atomic E-state index is 0.137. The van der Waals surface area contributed by atoms with Crippen LogP contribution in [0.5, 0.6) is 11.5 Å². The molecular formula is C20H19N3O6S. The Balaban J connectivity index is 1.49. The van der Waals surface area contributed by atoms with Crippen LogP contribution < -0.4 is 19.5 Å². The average molecular weight is 429 g/mol. The zero-order valence-electron chi connectivity index (χ0n) is 16.0. The van der Waals surface area contributed by atoms with Crippen molar-refractivity contribution in [1.82, 2.24) is 9.62 Å². The molecule has 2 atom stereocenters. The second-order valence-electron chi connectivity index (χ2n) is 7.61. The molecule has 2 aromatic carbocycles. The summed E-state index contributed by atoms with van der Waals surface area (Å²) in [6, 6.07) is 9.57. The molecule has 156 valence electrons. The van der Waals surface area contributed by atoms with E-state index in [1.807, 2.05) is 24.3 Å². The lowest BCUT2D eigenvalue weighted by atomic mass is 10.0. The van der Waals surface area contributed by atoms with Crippen LogP contribution in [0.4, 0.5) is 5.69 Å². The van der Waals surface area contributed by atoms with Crippen molar-refractivity contribution in [1.29, 1.82) is 0 Å². The van der Waals surface area contributed by atoms with Gasteiger partial charge in [-0.15, -0.1) is 0 Å². The molecule has 0 aromatic heterocycles. The molecule has 10 heteroatoms. The highest BCUT2D eigenvalue weighted by Crippen LogP contribution is 2.37. The summed E-state index contributed by atoms with van der Waals surface area (Å²) in [7, 11) is -3.44. The maximum Gasteiger partial charge on any atom is 0.256 e. The van der Waals surface area contributed by atoms with Crippen molar-refractivity contribution in [2.24, 2.45) is 0 Å². The topological polar surface area (TPSA) is 114 Å².